The lowest BCUT2D eigenvalue weighted by molar-refractivity contribution is -0.388. The standard InChI is InChI=1S/C18H32O16/c19-1-5-8(22)11(25)13(27)16(31-5)30-3-7-9(23)12(26)14(28)17(32-7)34-18(4-21)15(29)10(24)6(2-20)33-18/h5-17,19-29H,1-4H2/t5-,6-,7-,8+,9-,10-,11+,12+,13-,14-,15+,16+,17+,18+/m1/s1. The monoisotopic (exact) mass is 504 g/mol. The molecule has 0 aromatic heterocycles. The molecule has 0 saturated carbocycles. The van der Waals surface area contributed by atoms with Crippen molar-refractivity contribution in [2.24, 2.45) is 0 Å². The van der Waals surface area contributed by atoms with Crippen LogP contribution in [0.4, 0.5) is 0 Å². The van der Waals surface area contributed by atoms with Gasteiger partial charge in [0.1, 0.15) is 73.8 Å². The average Bonchev–Trinajstić information content (AvgIpc) is 3.08. The van der Waals surface area contributed by atoms with E-state index < -0.39 is 112 Å². The molecule has 34 heavy (non-hydrogen) atoms. The molecular weight excluding hydrogens is 472 g/mol. The number of ether oxygens (including phenoxy) is 5. The van der Waals surface area contributed by atoms with E-state index in [-0.39, 0.29) is 0 Å². The third kappa shape index (κ3) is 5.09. The van der Waals surface area contributed by atoms with Gasteiger partial charge in [-0.3, -0.25) is 0 Å². The zero-order valence-electron chi connectivity index (χ0n) is 17.8. The second-order valence-corrected chi connectivity index (χ2v) is 8.41. The topological polar surface area (TPSA) is 269 Å². The summed E-state index contributed by atoms with van der Waals surface area (Å²) >= 11 is 0. The summed E-state index contributed by atoms with van der Waals surface area (Å²) < 4.78 is 26.4. The molecular formula is C18H32O16. The largest absolute Gasteiger partial charge is 0.394 e. The first kappa shape index (κ1) is 27.9. The highest BCUT2D eigenvalue weighted by Gasteiger charge is 2.58. The van der Waals surface area contributed by atoms with Crippen molar-refractivity contribution in [3.05, 3.63) is 0 Å². The molecule has 0 amide bonds. The van der Waals surface area contributed by atoms with E-state index in [9.17, 15) is 56.2 Å². The summed E-state index contributed by atoms with van der Waals surface area (Å²) in [5.74, 6) is -2.36. The van der Waals surface area contributed by atoms with Gasteiger partial charge >= 0.3 is 0 Å². The summed E-state index contributed by atoms with van der Waals surface area (Å²) in [4.78, 5) is 0. The lowest BCUT2D eigenvalue weighted by Gasteiger charge is -2.44. The van der Waals surface area contributed by atoms with Gasteiger partial charge in [-0.2, -0.15) is 0 Å². The van der Waals surface area contributed by atoms with Gasteiger partial charge in [0, 0.05) is 0 Å². The third-order valence-electron chi connectivity index (χ3n) is 6.16. The summed E-state index contributed by atoms with van der Waals surface area (Å²) in [6.45, 7) is -3.14. The number of rotatable bonds is 8. The van der Waals surface area contributed by atoms with Gasteiger partial charge in [-0.05, 0) is 0 Å². The Balaban J connectivity index is 1.69. The molecule has 0 spiro atoms. The van der Waals surface area contributed by atoms with E-state index in [1.165, 1.54) is 0 Å². The third-order valence-corrected chi connectivity index (χ3v) is 6.16. The SMILES string of the molecule is OC[C@H]1O[C@H](OC[C@H]2O[C@@H](O[C@]3(CO)O[C@H](CO)[C@@H](O)[C@@H]3O)[C@H](O)[C@@H](O)[C@@H]2O)[C@H](O)[C@@H](O)[C@H]1O. The second kappa shape index (κ2) is 11.2. The number of hydrogen-bond acceptors (Lipinski definition) is 16. The number of aliphatic hydroxyl groups excluding tert-OH is 11. The molecule has 0 bridgehead atoms. The highest BCUT2D eigenvalue weighted by atomic mass is 16.8. The summed E-state index contributed by atoms with van der Waals surface area (Å²) in [6.07, 6.45) is -21.8. The quantitative estimate of drug-likeness (QED) is 0.146. The van der Waals surface area contributed by atoms with Crippen LogP contribution in [-0.4, -0.2) is 168 Å². The minimum atomic E-state index is -2.36. The molecule has 16 heteroatoms. The highest BCUT2D eigenvalue weighted by Crippen LogP contribution is 2.36. The zero-order valence-corrected chi connectivity index (χ0v) is 17.8. The van der Waals surface area contributed by atoms with Crippen LogP contribution >= 0.6 is 0 Å². The first-order valence-corrected chi connectivity index (χ1v) is 10.6. The van der Waals surface area contributed by atoms with E-state index in [4.69, 9.17) is 23.7 Å². The zero-order chi connectivity index (χ0) is 25.4. The van der Waals surface area contributed by atoms with Crippen molar-refractivity contribution in [2.75, 3.05) is 26.4 Å². The molecule has 3 aliphatic heterocycles. The van der Waals surface area contributed by atoms with E-state index in [2.05, 4.69) is 0 Å². The van der Waals surface area contributed by atoms with E-state index in [1.807, 2.05) is 0 Å². The van der Waals surface area contributed by atoms with Gasteiger partial charge in [0.15, 0.2) is 12.6 Å². The molecule has 3 aliphatic rings. The predicted octanol–water partition coefficient (Wildman–Crippen LogP) is -7.57. The second-order valence-electron chi connectivity index (χ2n) is 8.41. The van der Waals surface area contributed by atoms with Gasteiger partial charge in [0.25, 0.3) is 0 Å². The molecule has 11 N–H and O–H groups in total. The summed E-state index contributed by atoms with van der Waals surface area (Å²) in [5.41, 5.74) is 0. The molecule has 200 valence electrons. The van der Waals surface area contributed by atoms with Crippen molar-refractivity contribution < 1.29 is 79.9 Å². The minimum Gasteiger partial charge on any atom is -0.394 e. The van der Waals surface area contributed by atoms with E-state index in [0.29, 0.717) is 0 Å². The Bertz CT molecular complexity index is 653. The van der Waals surface area contributed by atoms with Crippen molar-refractivity contribution in [1.29, 1.82) is 0 Å². The van der Waals surface area contributed by atoms with Crippen LogP contribution in [0.1, 0.15) is 0 Å². The Hall–Kier alpha value is -0.640. The van der Waals surface area contributed by atoms with Crippen molar-refractivity contribution >= 4 is 0 Å². The van der Waals surface area contributed by atoms with Gasteiger partial charge in [-0.15, -0.1) is 0 Å². The first-order chi connectivity index (χ1) is 16.0. The van der Waals surface area contributed by atoms with Gasteiger partial charge in [0.2, 0.25) is 5.79 Å². The lowest BCUT2D eigenvalue weighted by atomic mass is 9.98. The van der Waals surface area contributed by atoms with Crippen molar-refractivity contribution in [2.45, 2.75) is 85.5 Å². The Morgan fingerprint density at radius 1 is 0.588 bits per heavy atom. The number of aliphatic hydroxyl groups is 11. The molecule has 3 fully saturated rings. The maximum atomic E-state index is 10.3. The van der Waals surface area contributed by atoms with Gasteiger partial charge in [-0.1, -0.05) is 0 Å². The average molecular weight is 504 g/mol. The molecule has 3 saturated heterocycles. The van der Waals surface area contributed by atoms with Crippen molar-refractivity contribution in [3.8, 4) is 0 Å². The fraction of sp³-hybridized carbons (Fsp3) is 1.00. The maximum absolute atomic E-state index is 10.3. The summed E-state index contributed by atoms with van der Waals surface area (Å²) in [5, 5.41) is 109. The summed E-state index contributed by atoms with van der Waals surface area (Å²) in [7, 11) is 0. The van der Waals surface area contributed by atoms with Crippen LogP contribution in [0.3, 0.4) is 0 Å². The van der Waals surface area contributed by atoms with Crippen LogP contribution in [0, 0.1) is 0 Å². The molecule has 0 aromatic rings. The first-order valence-electron chi connectivity index (χ1n) is 10.6. The van der Waals surface area contributed by atoms with Crippen molar-refractivity contribution in [3.63, 3.8) is 0 Å². The molecule has 3 heterocycles. The molecule has 0 aromatic carbocycles. The van der Waals surface area contributed by atoms with E-state index >= 15 is 0 Å². The Labute approximate surface area is 192 Å². The Morgan fingerprint density at radius 2 is 1.12 bits per heavy atom. The van der Waals surface area contributed by atoms with E-state index in [1.54, 1.807) is 0 Å². The molecule has 0 unspecified atom stereocenters. The van der Waals surface area contributed by atoms with Gasteiger partial charge in [0.05, 0.1) is 19.8 Å². The van der Waals surface area contributed by atoms with Gasteiger partial charge in [-0.25, -0.2) is 0 Å². The maximum Gasteiger partial charge on any atom is 0.224 e. The molecule has 14 atom stereocenters. The highest BCUT2D eigenvalue weighted by molar-refractivity contribution is 4.98. The smallest absolute Gasteiger partial charge is 0.224 e. The van der Waals surface area contributed by atoms with Crippen LogP contribution in [0.15, 0.2) is 0 Å². The van der Waals surface area contributed by atoms with Crippen LogP contribution in [0.2, 0.25) is 0 Å². The molecule has 0 aliphatic carbocycles. The Kier molecular flexibility index (Phi) is 9.18. The normalized spacial score (nSPS) is 52.1. The Morgan fingerprint density at radius 3 is 1.65 bits per heavy atom. The van der Waals surface area contributed by atoms with Gasteiger partial charge < -0.3 is 79.9 Å². The van der Waals surface area contributed by atoms with E-state index in [0.717, 1.165) is 0 Å². The molecule has 3 rings (SSSR count). The van der Waals surface area contributed by atoms with Crippen LogP contribution in [0.5, 0.6) is 0 Å². The predicted molar refractivity (Wildman–Crippen MR) is 101 cm³/mol. The number of hydrogen-bond donors (Lipinski definition) is 11. The fourth-order valence-electron chi connectivity index (χ4n) is 4.01. The minimum absolute atomic E-state index is 0.634. The van der Waals surface area contributed by atoms with Crippen molar-refractivity contribution in [1.82, 2.24) is 0 Å². The lowest BCUT2D eigenvalue weighted by Crippen LogP contribution is -2.63. The van der Waals surface area contributed by atoms with Crippen LogP contribution < -0.4 is 0 Å². The fourth-order valence-corrected chi connectivity index (χ4v) is 4.01. The summed E-state index contributed by atoms with van der Waals surface area (Å²) in [6, 6.07) is 0. The molecule has 16 nitrogen and oxygen atoms in total. The van der Waals surface area contributed by atoms with Crippen LogP contribution in [-0.2, 0) is 23.7 Å². The molecule has 0 radical (unpaired) electrons. The van der Waals surface area contributed by atoms with Crippen LogP contribution in [0.25, 0.3) is 0 Å².